The van der Waals surface area contributed by atoms with Gasteiger partial charge in [-0.25, -0.2) is 4.98 Å². The molecule has 21 heavy (non-hydrogen) atoms. The minimum Gasteiger partial charge on any atom is -0.329 e. The standard InChI is InChI=1S/C16H20N4S/c1-16(2,3)14-8-12(19-20-14)10(9-17)15-18-11-6-4-5-7-13(11)21-15/h4-8,10H,9,17H2,1-3H3,(H,19,20). The Balaban J connectivity index is 1.99. The number of fused-ring (bicyclic) bond motifs is 1. The number of H-pyrrole nitrogens is 1. The Kier molecular flexibility index (Phi) is 3.55. The van der Waals surface area contributed by atoms with E-state index in [1.807, 2.05) is 18.2 Å². The van der Waals surface area contributed by atoms with E-state index in [1.165, 1.54) is 4.70 Å². The van der Waals surface area contributed by atoms with Crippen LogP contribution in [0.2, 0.25) is 0 Å². The molecule has 0 fully saturated rings. The highest BCUT2D eigenvalue weighted by Crippen LogP contribution is 2.32. The zero-order valence-electron chi connectivity index (χ0n) is 12.6. The van der Waals surface area contributed by atoms with Gasteiger partial charge >= 0.3 is 0 Å². The maximum atomic E-state index is 6.00. The zero-order chi connectivity index (χ0) is 15.0. The zero-order valence-corrected chi connectivity index (χ0v) is 13.4. The number of aromatic nitrogens is 3. The average molecular weight is 300 g/mol. The summed E-state index contributed by atoms with van der Waals surface area (Å²) in [6, 6.07) is 10.3. The van der Waals surface area contributed by atoms with E-state index in [0.29, 0.717) is 6.54 Å². The smallest absolute Gasteiger partial charge is 0.104 e. The van der Waals surface area contributed by atoms with Crippen LogP contribution in [0.5, 0.6) is 0 Å². The predicted molar refractivity (Wildman–Crippen MR) is 87.8 cm³/mol. The van der Waals surface area contributed by atoms with Crippen molar-refractivity contribution in [2.75, 3.05) is 6.54 Å². The van der Waals surface area contributed by atoms with E-state index in [1.54, 1.807) is 11.3 Å². The molecule has 0 radical (unpaired) electrons. The number of rotatable bonds is 3. The van der Waals surface area contributed by atoms with Gasteiger partial charge in [-0.2, -0.15) is 5.10 Å². The SMILES string of the molecule is CC(C)(C)c1cc(C(CN)c2nc3ccccc3s2)[nH]n1. The molecule has 110 valence electrons. The number of para-hydroxylation sites is 1. The molecule has 0 saturated heterocycles. The van der Waals surface area contributed by atoms with E-state index in [0.717, 1.165) is 21.9 Å². The Labute approximate surface area is 128 Å². The van der Waals surface area contributed by atoms with Crippen molar-refractivity contribution in [2.45, 2.75) is 32.1 Å². The highest BCUT2D eigenvalue weighted by molar-refractivity contribution is 7.18. The van der Waals surface area contributed by atoms with Crippen molar-refractivity contribution in [3.63, 3.8) is 0 Å². The van der Waals surface area contributed by atoms with Crippen LogP contribution in [0, 0.1) is 0 Å². The van der Waals surface area contributed by atoms with Crippen molar-refractivity contribution in [1.29, 1.82) is 0 Å². The molecule has 0 bridgehead atoms. The highest BCUT2D eigenvalue weighted by Gasteiger charge is 2.23. The molecular weight excluding hydrogens is 280 g/mol. The number of nitrogens with two attached hydrogens (primary N) is 1. The first-order chi connectivity index (χ1) is 9.99. The third kappa shape index (κ3) is 2.71. The Bertz CT molecular complexity index is 718. The van der Waals surface area contributed by atoms with Gasteiger partial charge in [-0.1, -0.05) is 32.9 Å². The number of benzene rings is 1. The van der Waals surface area contributed by atoms with Gasteiger partial charge in [0.15, 0.2) is 0 Å². The maximum absolute atomic E-state index is 6.00. The van der Waals surface area contributed by atoms with Crippen molar-refractivity contribution >= 4 is 21.6 Å². The van der Waals surface area contributed by atoms with E-state index in [-0.39, 0.29) is 11.3 Å². The van der Waals surface area contributed by atoms with Gasteiger partial charge in [-0.05, 0) is 18.2 Å². The fourth-order valence-corrected chi connectivity index (χ4v) is 3.40. The predicted octanol–water partition coefficient (Wildman–Crippen LogP) is 3.41. The Hall–Kier alpha value is -1.72. The van der Waals surface area contributed by atoms with Crippen molar-refractivity contribution < 1.29 is 0 Å². The summed E-state index contributed by atoms with van der Waals surface area (Å²) in [5.74, 6) is 0.0750. The van der Waals surface area contributed by atoms with Gasteiger partial charge in [-0.3, -0.25) is 5.10 Å². The summed E-state index contributed by atoms with van der Waals surface area (Å²) in [4.78, 5) is 4.72. The molecular formula is C16H20N4S. The van der Waals surface area contributed by atoms with Gasteiger partial charge in [0.05, 0.1) is 21.8 Å². The van der Waals surface area contributed by atoms with Crippen LogP contribution in [0.25, 0.3) is 10.2 Å². The lowest BCUT2D eigenvalue weighted by molar-refractivity contribution is 0.567. The minimum absolute atomic E-state index is 0.0293. The van der Waals surface area contributed by atoms with Crippen LogP contribution in [-0.2, 0) is 5.41 Å². The largest absolute Gasteiger partial charge is 0.329 e. The molecule has 0 saturated carbocycles. The second-order valence-electron chi connectivity index (χ2n) is 6.27. The summed E-state index contributed by atoms with van der Waals surface area (Å²) in [6.45, 7) is 6.98. The third-order valence-corrected chi connectivity index (χ3v) is 4.74. The first-order valence-electron chi connectivity index (χ1n) is 7.10. The van der Waals surface area contributed by atoms with E-state index < -0.39 is 0 Å². The number of aromatic amines is 1. The number of hydrogen-bond donors (Lipinski definition) is 2. The number of thiazole rings is 1. The van der Waals surface area contributed by atoms with E-state index in [4.69, 9.17) is 10.7 Å². The molecule has 0 amide bonds. The molecule has 1 atom stereocenters. The van der Waals surface area contributed by atoms with Gasteiger partial charge in [0.2, 0.25) is 0 Å². The summed E-state index contributed by atoms with van der Waals surface area (Å²) in [5.41, 5.74) is 9.15. The van der Waals surface area contributed by atoms with E-state index >= 15 is 0 Å². The molecule has 1 aromatic carbocycles. The van der Waals surface area contributed by atoms with Crippen LogP contribution in [-0.4, -0.2) is 21.7 Å². The van der Waals surface area contributed by atoms with Crippen LogP contribution in [0.15, 0.2) is 30.3 Å². The van der Waals surface area contributed by atoms with Gasteiger partial charge in [0.1, 0.15) is 5.01 Å². The summed E-state index contributed by atoms with van der Waals surface area (Å²) >= 11 is 1.70. The fraction of sp³-hybridized carbons (Fsp3) is 0.375. The molecule has 3 aromatic rings. The summed E-state index contributed by atoms with van der Waals surface area (Å²) in [6.07, 6.45) is 0. The molecule has 2 heterocycles. The Morgan fingerprint density at radius 1 is 1.29 bits per heavy atom. The Morgan fingerprint density at radius 2 is 2.05 bits per heavy atom. The molecule has 3 rings (SSSR count). The summed E-state index contributed by atoms with van der Waals surface area (Å²) in [7, 11) is 0. The quantitative estimate of drug-likeness (QED) is 0.779. The van der Waals surface area contributed by atoms with Crippen LogP contribution >= 0.6 is 11.3 Å². The Morgan fingerprint density at radius 3 is 2.67 bits per heavy atom. The second-order valence-corrected chi connectivity index (χ2v) is 7.33. The second kappa shape index (κ2) is 5.24. The molecule has 3 N–H and O–H groups in total. The van der Waals surface area contributed by atoms with Crippen molar-refractivity contribution in [2.24, 2.45) is 5.73 Å². The fourth-order valence-electron chi connectivity index (χ4n) is 2.30. The lowest BCUT2D eigenvalue weighted by Gasteiger charge is -2.14. The van der Waals surface area contributed by atoms with Crippen molar-refractivity contribution in [1.82, 2.24) is 15.2 Å². The number of hydrogen-bond acceptors (Lipinski definition) is 4. The van der Waals surface area contributed by atoms with E-state index in [9.17, 15) is 0 Å². The first kappa shape index (κ1) is 14.2. The monoisotopic (exact) mass is 300 g/mol. The minimum atomic E-state index is 0.0293. The summed E-state index contributed by atoms with van der Waals surface area (Å²) in [5, 5.41) is 8.62. The van der Waals surface area contributed by atoms with Gasteiger partial charge in [-0.15, -0.1) is 11.3 Å². The van der Waals surface area contributed by atoms with Crippen LogP contribution in [0.4, 0.5) is 0 Å². The van der Waals surface area contributed by atoms with Gasteiger partial charge < -0.3 is 5.73 Å². The first-order valence-corrected chi connectivity index (χ1v) is 7.92. The van der Waals surface area contributed by atoms with Gasteiger partial charge in [0.25, 0.3) is 0 Å². The highest BCUT2D eigenvalue weighted by atomic mass is 32.1. The lowest BCUT2D eigenvalue weighted by atomic mass is 9.91. The molecule has 0 aliphatic rings. The summed E-state index contributed by atoms with van der Waals surface area (Å²) < 4.78 is 1.20. The third-order valence-electron chi connectivity index (χ3n) is 3.59. The van der Waals surface area contributed by atoms with Crippen LogP contribution in [0.1, 0.15) is 43.1 Å². The lowest BCUT2D eigenvalue weighted by Crippen LogP contribution is -2.14. The molecule has 4 nitrogen and oxygen atoms in total. The maximum Gasteiger partial charge on any atom is 0.104 e. The molecule has 5 heteroatoms. The van der Waals surface area contributed by atoms with Crippen LogP contribution < -0.4 is 5.73 Å². The molecule has 0 spiro atoms. The average Bonchev–Trinajstić information content (AvgIpc) is 3.05. The molecule has 2 aromatic heterocycles. The topological polar surface area (TPSA) is 67.6 Å². The molecule has 1 unspecified atom stereocenters. The van der Waals surface area contributed by atoms with E-state index in [2.05, 4.69) is 43.1 Å². The van der Waals surface area contributed by atoms with Gasteiger partial charge in [0, 0.05) is 17.7 Å². The molecule has 0 aliphatic heterocycles. The van der Waals surface area contributed by atoms with Crippen molar-refractivity contribution in [3.8, 4) is 0 Å². The van der Waals surface area contributed by atoms with Crippen LogP contribution in [0.3, 0.4) is 0 Å². The number of nitrogens with zero attached hydrogens (tertiary/aromatic N) is 2. The number of nitrogens with one attached hydrogen (secondary N) is 1. The van der Waals surface area contributed by atoms with Crippen molar-refractivity contribution in [3.05, 3.63) is 46.7 Å². The normalized spacial score (nSPS) is 13.7. The molecule has 0 aliphatic carbocycles.